The first-order valence-electron chi connectivity index (χ1n) is 12.0. The van der Waals surface area contributed by atoms with E-state index >= 15 is 0 Å². The van der Waals surface area contributed by atoms with Crippen molar-refractivity contribution in [3.8, 4) is 0 Å². The maximum atomic E-state index is 11.4. The van der Waals surface area contributed by atoms with Crippen LogP contribution >= 0.6 is 0 Å². The SMILES string of the molecule is C=C1C=CC(/C(=C/C=O)N=c2ccc(N3CCNC4(CC4)C3)cn2C)=NN1/N=C(/C)C(C)CC. The molecule has 1 aromatic rings. The van der Waals surface area contributed by atoms with Gasteiger partial charge >= 0.3 is 0 Å². The van der Waals surface area contributed by atoms with E-state index in [0.29, 0.717) is 28.6 Å². The van der Waals surface area contributed by atoms with Crippen LogP contribution in [0.3, 0.4) is 0 Å². The third kappa shape index (κ3) is 5.28. The van der Waals surface area contributed by atoms with E-state index in [9.17, 15) is 4.79 Å². The van der Waals surface area contributed by atoms with Crippen LogP contribution < -0.4 is 15.7 Å². The summed E-state index contributed by atoms with van der Waals surface area (Å²) in [5.74, 6) is 0.343. The predicted molar refractivity (Wildman–Crippen MR) is 137 cm³/mol. The topological polar surface area (TPSA) is 77.6 Å². The molecular formula is C26H35N7O. The molecule has 1 aliphatic carbocycles. The molecule has 2 aliphatic heterocycles. The van der Waals surface area contributed by atoms with Crippen molar-refractivity contribution in [2.75, 3.05) is 24.5 Å². The molecule has 1 spiro atoms. The van der Waals surface area contributed by atoms with Crippen molar-refractivity contribution in [1.29, 1.82) is 0 Å². The Kier molecular flexibility index (Phi) is 6.97. The molecule has 0 radical (unpaired) electrons. The van der Waals surface area contributed by atoms with Gasteiger partial charge in [0.25, 0.3) is 0 Å². The third-order valence-electron chi connectivity index (χ3n) is 6.88. The predicted octanol–water partition coefficient (Wildman–Crippen LogP) is 3.11. The summed E-state index contributed by atoms with van der Waals surface area (Å²) in [6.45, 7) is 13.3. The Morgan fingerprint density at radius 1 is 1.35 bits per heavy atom. The zero-order valence-corrected chi connectivity index (χ0v) is 20.7. The van der Waals surface area contributed by atoms with Crippen molar-refractivity contribution in [3.05, 3.63) is 60.0 Å². The maximum absolute atomic E-state index is 11.4. The van der Waals surface area contributed by atoms with Gasteiger partial charge in [-0.3, -0.25) is 4.79 Å². The van der Waals surface area contributed by atoms with E-state index in [1.807, 2.05) is 36.8 Å². The Morgan fingerprint density at radius 3 is 2.82 bits per heavy atom. The molecule has 4 rings (SSSR count). The standard InChI is InChI=1S/C26H35N7O/c1-6-19(2)21(4)29-33-20(3)7-9-24(30-33)23(11-16-34)28-25-10-8-22(17-31(25)5)32-15-14-27-26(18-32)12-13-26/h7-11,16-17,19,27H,3,6,12-15,18H2,1-2,4-5H3/b23-11-,28-25?,29-21-. The fourth-order valence-corrected chi connectivity index (χ4v) is 4.13. The van der Waals surface area contributed by atoms with Crippen LogP contribution in [0.25, 0.3) is 0 Å². The highest BCUT2D eigenvalue weighted by atomic mass is 16.1. The number of anilines is 1. The zero-order valence-electron chi connectivity index (χ0n) is 20.7. The quantitative estimate of drug-likeness (QED) is 0.385. The number of piperazine rings is 1. The number of aldehydes is 1. The molecule has 180 valence electrons. The van der Waals surface area contributed by atoms with Gasteiger partial charge in [0, 0.05) is 50.2 Å². The Labute approximate surface area is 201 Å². The average molecular weight is 462 g/mol. The summed E-state index contributed by atoms with van der Waals surface area (Å²) in [4.78, 5) is 18.6. The third-order valence-corrected chi connectivity index (χ3v) is 6.88. The summed E-state index contributed by atoms with van der Waals surface area (Å²) in [5.41, 5.74) is 4.90. The molecule has 0 amide bonds. The van der Waals surface area contributed by atoms with Crippen molar-refractivity contribution in [2.24, 2.45) is 28.2 Å². The van der Waals surface area contributed by atoms with E-state index in [-0.39, 0.29) is 0 Å². The minimum atomic E-state index is 0.316. The molecule has 1 unspecified atom stereocenters. The molecule has 2 fully saturated rings. The van der Waals surface area contributed by atoms with Gasteiger partial charge < -0.3 is 14.8 Å². The van der Waals surface area contributed by atoms with E-state index in [1.165, 1.54) is 29.7 Å². The molecule has 3 aliphatic rings. The first kappa shape index (κ1) is 23.9. The van der Waals surface area contributed by atoms with Gasteiger partial charge in [0.2, 0.25) is 0 Å². The number of hydrazone groups is 2. The van der Waals surface area contributed by atoms with Gasteiger partial charge in [0.05, 0.1) is 17.1 Å². The normalized spacial score (nSPS) is 21.7. The Hall–Kier alpha value is -3.26. The van der Waals surface area contributed by atoms with Crippen LogP contribution in [0.1, 0.15) is 40.0 Å². The second-order valence-electron chi connectivity index (χ2n) is 9.43. The van der Waals surface area contributed by atoms with Gasteiger partial charge in [0.1, 0.15) is 17.5 Å². The number of allylic oxidation sites excluding steroid dienone is 3. The number of pyridine rings is 1. The number of aromatic nitrogens is 1. The van der Waals surface area contributed by atoms with E-state index in [1.54, 1.807) is 0 Å². The Bertz CT molecular complexity index is 1150. The molecule has 8 heteroatoms. The summed E-state index contributed by atoms with van der Waals surface area (Å²) in [5, 5.41) is 14.4. The van der Waals surface area contributed by atoms with Crippen molar-refractivity contribution in [3.63, 3.8) is 0 Å². The van der Waals surface area contributed by atoms with Crippen LogP contribution in [0.4, 0.5) is 5.69 Å². The number of nitrogens with one attached hydrogen (secondary N) is 1. The fraction of sp³-hybridized carbons (Fsp3) is 0.462. The second kappa shape index (κ2) is 9.93. The molecule has 3 heterocycles. The molecule has 1 aromatic heterocycles. The highest BCUT2D eigenvalue weighted by molar-refractivity contribution is 6.10. The molecule has 0 bridgehead atoms. The molecular weight excluding hydrogens is 426 g/mol. The molecule has 0 aromatic carbocycles. The van der Waals surface area contributed by atoms with Gasteiger partial charge in [-0.15, -0.1) is 5.10 Å². The summed E-state index contributed by atoms with van der Waals surface area (Å²) >= 11 is 0. The fourth-order valence-electron chi connectivity index (χ4n) is 4.13. The molecule has 34 heavy (non-hydrogen) atoms. The Balaban J connectivity index is 1.61. The second-order valence-corrected chi connectivity index (χ2v) is 9.43. The monoisotopic (exact) mass is 461 g/mol. The minimum Gasteiger partial charge on any atom is -0.367 e. The molecule has 1 saturated heterocycles. The number of carbonyl (C=O) groups is 1. The smallest absolute Gasteiger partial charge is 0.145 e. The van der Waals surface area contributed by atoms with E-state index in [4.69, 9.17) is 4.99 Å². The van der Waals surface area contributed by atoms with Crippen molar-refractivity contribution < 1.29 is 4.79 Å². The number of rotatable bonds is 7. The lowest BCUT2D eigenvalue weighted by atomic mass is 10.1. The molecule has 1 N–H and O–H groups in total. The van der Waals surface area contributed by atoms with Crippen molar-refractivity contribution >= 4 is 23.4 Å². The van der Waals surface area contributed by atoms with Gasteiger partial charge in [-0.2, -0.15) is 10.2 Å². The number of hydrogen-bond donors (Lipinski definition) is 1. The Morgan fingerprint density at radius 2 is 2.15 bits per heavy atom. The van der Waals surface area contributed by atoms with Gasteiger partial charge in [-0.1, -0.05) is 20.4 Å². The van der Waals surface area contributed by atoms with Crippen molar-refractivity contribution in [2.45, 2.75) is 45.6 Å². The highest BCUT2D eigenvalue weighted by Gasteiger charge is 2.45. The zero-order chi connectivity index (χ0) is 24.3. The van der Waals surface area contributed by atoms with Crippen LogP contribution in [-0.4, -0.2) is 52.6 Å². The van der Waals surface area contributed by atoms with Crippen molar-refractivity contribution in [1.82, 2.24) is 15.0 Å². The number of carbonyl (C=O) groups excluding carboxylic acids is 1. The average Bonchev–Trinajstić information content (AvgIpc) is 3.58. The lowest BCUT2D eigenvalue weighted by Gasteiger charge is -2.35. The first-order chi connectivity index (χ1) is 16.3. The summed E-state index contributed by atoms with van der Waals surface area (Å²) in [6, 6.07) is 4.09. The number of hydrogen-bond acceptors (Lipinski definition) is 7. The van der Waals surface area contributed by atoms with Gasteiger partial charge in [-0.05, 0) is 56.4 Å². The van der Waals surface area contributed by atoms with E-state index < -0.39 is 0 Å². The molecule has 1 saturated carbocycles. The maximum Gasteiger partial charge on any atom is 0.145 e. The van der Waals surface area contributed by atoms with E-state index in [0.717, 1.165) is 43.5 Å². The summed E-state index contributed by atoms with van der Waals surface area (Å²) in [6.07, 6.45) is 11.4. The number of aryl methyl sites for hydroxylation is 1. The van der Waals surface area contributed by atoms with Crippen LogP contribution in [0.2, 0.25) is 0 Å². The van der Waals surface area contributed by atoms with Crippen LogP contribution in [0, 0.1) is 5.92 Å². The van der Waals surface area contributed by atoms with Crippen LogP contribution in [-0.2, 0) is 11.8 Å². The lowest BCUT2D eigenvalue weighted by Crippen LogP contribution is -2.52. The highest BCUT2D eigenvalue weighted by Crippen LogP contribution is 2.38. The minimum absolute atomic E-state index is 0.316. The van der Waals surface area contributed by atoms with E-state index in [2.05, 4.69) is 53.1 Å². The molecule has 1 atom stereocenters. The number of nitrogens with zero attached hydrogens (tertiary/aromatic N) is 6. The molecule has 8 nitrogen and oxygen atoms in total. The first-order valence-corrected chi connectivity index (χ1v) is 12.0. The van der Waals surface area contributed by atoms with Crippen LogP contribution in [0.15, 0.2) is 69.7 Å². The van der Waals surface area contributed by atoms with Gasteiger partial charge in [-0.25, -0.2) is 4.99 Å². The summed E-state index contributed by atoms with van der Waals surface area (Å²) < 4.78 is 1.99. The summed E-state index contributed by atoms with van der Waals surface area (Å²) in [7, 11) is 1.97. The van der Waals surface area contributed by atoms with Gasteiger partial charge in [0.15, 0.2) is 0 Å². The lowest BCUT2D eigenvalue weighted by molar-refractivity contribution is -0.104. The van der Waals surface area contributed by atoms with Crippen LogP contribution in [0.5, 0.6) is 0 Å². The largest absolute Gasteiger partial charge is 0.367 e.